The van der Waals surface area contributed by atoms with Crippen molar-refractivity contribution in [3.05, 3.63) is 101 Å². The molecule has 4 rings (SSSR count). The van der Waals surface area contributed by atoms with Crippen LogP contribution < -0.4 is 5.46 Å². The summed E-state index contributed by atoms with van der Waals surface area (Å²) in [5.74, 6) is 0.527. The summed E-state index contributed by atoms with van der Waals surface area (Å²) in [6, 6.07) is 26.3. The molecule has 27 heavy (non-hydrogen) atoms. The van der Waals surface area contributed by atoms with Crippen molar-refractivity contribution in [2.75, 3.05) is 0 Å². The molecule has 1 aliphatic carbocycles. The van der Waals surface area contributed by atoms with E-state index in [9.17, 15) is 0 Å². The van der Waals surface area contributed by atoms with E-state index >= 15 is 0 Å². The van der Waals surface area contributed by atoms with Crippen LogP contribution in [0.25, 0.3) is 22.3 Å². The third-order valence-corrected chi connectivity index (χ3v) is 5.87. The van der Waals surface area contributed by atoms with Crippen LogP contribution in [-0.4, -0.2) is 7.85 Å². The van der Waals surface area contributed by atoms with Gasteiger partial charge in [0.1, 0.15) is 7.85 Å². The summed E-state index contributed by atoms with van der Waals surface area (Å²) in [6.45, 7) is 2.33. The summed E-state index contributed by atoms with van der Waals surface area (Å²) in [5, 5.41) is 0. The minimum absolute atomic E-state index is 0.527. The predicted molar refractivity (Wildman–Crippen MR) is 124 cm³/mol. The molecule has 0 fully saturated rings. The summed E-state index contributed by atoms with van der Waals surface area (Å²) >= 11 is 3.50. The Morgan fingerprint density at radius 1 is 0.704 bits per heavy atom. The van der Waals surface area contributed by atoms with Crippen molar-refractivity contribution >= 4 is 40.4 Å². The third-order valence-electron chi connectivity index (χ3n) is 5.34. The lowest BCUT2D eigenvalue weighted by Gasteiger charge is -2.22. The minimum Gasteiger partial charge on any atom is -0.0889 e. The molecule has 132 valence electrons. The van der Waals surface area contributed by atoms with Crippen LogP contribution >= 0.6 is 15.9 Å². The second-order valence-corrected chi connectivity index (χ2v) is 8.29. The number of hydrogen-bond acceptors (Lipinski definition) is 0. The molecule has 3 aromatic rings. The van der Waals surface area contributed by atoms with Gasteiger partial charge in [0.25, 0.3) is 0 Å². The van der Waals surface area contributed by atoms with E-state index in [1.807, 2.05) is 0 Å². The van der Waals surface area contributed by atoms with Gasteiger partial charge in [-0.2, -0.15) is 0 Å². The normalized spacial score (nSPS) is 16.6. The first-order chi connectivity index (χ1) is 13.1. The van der Waals surface area contributed by atoms with E-state index in [0.29, 0.717) is 5.92 Å². The van der Waals surface area contributed by atoms with Gasteiger partial charge in [0.05, 0.1) is 0 Å². The minimum atomic E-state index is 0.527. The highest BCUT2D eigenvalue weighted by molar-refractivity contribution is 9.10. The second-order valence-electron chi connectivity index (χ2n) is 7.37. The van der Waals surface area contributed by atoms with Crippen molar-refractivity contribution < 1.29 is 0 Å². The fraction of sp³-hybridized carbons (Fsp3) is 0.120. The summed E-state index contributed by atoms with van der Waals surface area (Å²) in [7, 11) is 2.14. The molecule has 1 atom stereocenters. The zero-order chi connectivity index (χ0) is 18.8. The van der Waals surface area contributed by atoms with Crippen LogP contribution in [0.2, 0.25) is 0 Å². The Morgan fingerprint density at radius 2 is 1.22 bits per heavy atom. The van der Waals surface area contributed by atoms with Crippen LogP contribution in [0.1, 0.15) is 24.5 Å². The first-order valence-corrected chi connectivity index (χ1v) is 10.2. The zero-order valence-electron chi connectivity index (χ0n) is 15.7. The number of halogens is 1. The number of benzene rings is 3. The molecular weight excluding hydrogens is 391 g/mol. The monoisotopic (exact) mass is 412 g/mol. The fourth-order valence-electron chi connectivity index (χ4n) is 3.72. The first-order valence-electron chi connectivity index (χ1n) is 9.44. The van der Waals surface area contributed by atoms with Crippen LogP contribution in [-0.2, 0) is 0 Å². The van der Waals surface area contributed by atoms with Crippen LogP contribution in [0, 0.1) is 5.92 Å². The Balaban J connectivity index is 1.58. The lowest BCUT2D eigenvalue weighted by molar-refractivity contribution is 0.771. The van der Waals surface area contributed by atoms with Crippen LogP contribution in [0.15, 0.2) is 89.4 Å². The number of allylic oxidation sites excluding steroid dienone is 4. The maximum Gasteiger partial charge on any atom is 0.139 e. The Bertz CT molecular complexity index is 994. The topological polar surface area (TPSA) is 0 Å². The molecule has 0 saturated carbocycles. The number of hydrogen-bond donors (Lipinski definition) is 0. The van der Waals surface area contributed by atoms with Crippen molar-refractivity contribution in [2.45, 2.75) is 13.3 Å². The fourth-order valence-corrected chi connectivity index (χ4v) is 3.99. The quantitative estimate of drug-likeness (QED) is 0.471. The highest BCUT2D eigenvalue weighted by Gasteiger charge is 2.17. The molecular formula is C25H22BBr. The van der Waals surface area contributed by atoms with Crippen molar-refractivity contribution in [1.82, 2.24) is 0 Å². The van der Waals surface area contributed by atoms with Gasteiger partial charge in [-0.15, -0.1) is 0 Å². The second kappa shape index (κ2) is 7.74. The molecule has 0 heterocycles. The van der Waals surface area contributed by atoms with Gasteiger partial charge in [0.15, 0.2) is 0 Å². The third kappa shape index (κ3) is 4.01. The highest BCUT2D eigenvalue weighted by Crippen LogP contribution is 2.36. The van der Waals surface area contributed by atoms with E-state index in [0.717, 1.165) is 10.9 Å². The Labute approximate surface area is 171 Å². The van der Waals surface area contributed by atoms with Crippen molar-refractivity contribution in [3.8, 4) is 11.1 Å². The lowest BCUT2D eigenvalue weighted by Crippen LogP contribution is -2.06. The molecule has 0 nitrogen and oxygen atoms in total. The first kappa shape index (κ1) is 18.1. The van der Waals surface area contributed by atoms with Crippen molar-refractivity contribution in [1.29, 1.82) is 0 Å². The summed E-state index contributed by atoms with van der Waals surface area (Å²) < 4.78 is 1.11. The van der Waals surface area contributed by atoms with Gasteiger partial charge < -0.3 is 0 Å². The van der Waals surface area contributed by atoms with Gasteiger partial charge in [0, 0.05) is 4.47 Å². The van der Waals surface area contributed by atoms with Crippen molar-refractivity contribution in [2.24, 2.45) is 5.92 Å². The average molecular weight is 413 g/mol. The van der Waals surface area contributed by atoms with E-state index in [2.05, 4.69) is 116 Å². The maximum atomic E-state index is 3.50. The van der Waals surface area contributed by atoms with Gasteiger partial charge >= 0.3 is 0 Å². The molecule has 0 radical (unpaired) electrons. The van der Waals surface area contributed by atoms with Crippen LogP contribution in [0.3, 0.4) is 0 Å². The van der Waals surface area contributed by atoms with Crippen LogP contribution in [0.4, 0.5) is 0 Å². The van der Waals surface area contributed by atoms with Gasteiger partial charge in [-0.1, -0.05) is 101 Å². The Morgan fingerprint density at radius 3 is 1.81 bits per heavy atom. The van der Waals surface area contributed by atoms with Gasteiger partial charge in [-0.25, -0.2) is 0 Å². The molecule has 0 aliphatic heterocycles. The van der Waals surface area contributed by atoms with E-state index in [1.165, 1.54) is 38.9 Å². The summed E-state index contributed by atoms with van der Waals surface area (Å²) in [4.78, 5) is 0. The van der Waals surface area contributed by atoms with E-state index < -0.39 is 0 Å². The molecule has 3 aromatic carbocycles. The lowest BCUT2D eigenvalue weighted by atomic mass is 9.81. The van der Waals surface area contributed by atoms with E-state index in [4.69, 9.17) is 0 Å². The summed E-state index contributed by atoms with van der Waals surface area (Å²) in [5.41, 5.74) is 9.33. The molecule has 0 spiro atoms. The zero-order valence-corrected chi connectivity index (χ0v) is 17.3. The Kier molecular flexibility index (Phi) is 5.18. The smallest absolute Gasteiger partial charge is 0.0889 e. The van der Waals surface area contributed by atoms with E-state index in [-0.39, 0.29) is 0 Å². The number of rotatable bonds is 3. The molecule has 0 aromatic heterocycles. The van der Waals surface area contributed by atoms with Crippen LogP contribution in [0.5, 0.6) is 0 Å². The Hall–Kier alpha value is -2.32. The molecule has 2 heteroatoms. The van der Waals surface area contributed by atoms with E-state index in [1.54, 1.807) is 0 Å². The molecule has 1 unspecified atom stereocenters. The molecule has 0 saturated heterocycles. The SMILES string of the molecule is Bc1ccc(C2=CC=C(c3ccc(-c4ccc(Br)cc4)cc3)CC2C)cc1. The average Bonchev–Trinajstić information content (AvgIpc) is 2.69. The molecule has 1 aliphatic rings. The van der Waals surface area contributed by atoms with Gasteiger partial charge in [-0.05, 0) is 57.9 Å². The molecule has 0 N–H and O–H groups in total. The van der Waals surface area contributed by atoms with Crippen molar-refractivity contribution in [3.63, 3.8) is 0 Å². The maximum absolute atomic E-state index is 3.50. The van der Waals surface area contributed by atoms with Gasteiger partial charge in [0.2, 0.25) is 0 Å². The summed E-state index contributed by atoms with van der Waals surface area (Å²) in [6.07, 6.45) is 5.68. The molecule has 0 amide bonds. The standard InChI is InChI=1S/C25H22BBr/c1-17-16-22(10-15-25(17)21-6-11-23(26)12-7-21)20-4-2-18(3-5-20)19-8-13-24(27)14-9-19/h2-15,17H,16,26H2,1H3. The highest BCUT2D eigenvalue weighted by atomic mass is 79.9. The predicted octanol–water partition coefficient (Wildman–Crippen LogP) is 5.88. The van der Waals surface area contributed by atoms with Gasteiger partial charge in [-0.3, -0.25) is 0 Å². The molecule has 0 bridgehead atoms. The largest absolute Gasteiger partial charge is 0.139 e.